The van der Waals surface area contributed by atoms with Crippen molar-refractivity contribution in [3.05, 3.63) is 65.0 Å². The summed E-state index contributed by atoms with van der Waals surface area (Å²) in [6, 6.07) is 7.70. The minimum atomic E-state index is -0.496. The first-order valence-electron chi connectivity index (χ1n) is 7.20. The minimum Gasteiger partial charge on any atom is -0.310 e. The molecule has 2 rings (SSSR count). The third kappa shape index (κ3) is 4.08. The van der Waals surface area contributed by atoms with Gasteiger partial charge in [-0.1, -0.05) is 13.0 Å². The van der Waals surface area contributed by atoms with Gasteiger partial charge >= 0.3 is 0 Å². The fourth-order valence-electron chi connectivity index (χ4n) is 2.34. The summed E-state index contributed by atoms with van der Waals surface area (Å²) in [5, 5.41) is 3.35. The van der Waals surface area contributed by atoms with Gasteiger partial charge in [-0.2, -0.15) is 0 Å². The Bertz CT molecular complexity index is 579. The first-order chi connectivity index (χ1) is 10.1. The molecule has 0 radical (unpaired) electrons. The molecule has 0 aliphatic rings. The van der Waals surface area contributed by atoms with Gasteiger partial charge in [0, 0.05) is 23.5 Å². The number of aryl methyl sites for hydroxylation is 1. The molecule has 1 aromatic heterocycles. The first-order valence-corrected chi connectivity index (χ1v) is 7.20. The zero-order valence-corrected chi connectivity index (χ0v) is 12.4. The molecule has 1 aromatic carbocycles. The van der Waals surface area contributed by atoms with Gasteiger partial charge in [-0.05, 0) is 56.1 Å². The van der Waals surface area contributed by atoms with E-state index in [0.29, 0.717) is 0 Å². The van der Waals surface area contributed by atoms with E-state index in [2.05, 4.69) is 17.2 Å². The first kappa shape index (κ1) is 15.6. The van der Waals surface area contributed by atoms with Gasteiger partial charge in [0.25, 0.3) is 0 Å². The minimum absolute atomic E-state index is 0.126. The second kappa shape index (κ2) is 7.27. The molecule has 0 saturated heterocycles. The predicted molar refractivity (Wildman–Crippen MR) is 80.1 cm³/mol. The summed E-state index contributed by atoms with van der Waals surface area (Å²) in [4.78, 5) is 4.17. The summed E-state index contributed by atoms with van der Waals surface area (Å²) in [5.41, 5.74) is 2.02. The Morgan fingerprint density at radius 1 is 1.19 bits per heavy atom. The van der Waals surface area contributed by atoms with E-state index in [4.69, 9.17) is 0 Å². The molecule has 0 aliphatic carbocycles. The van der Waals surface area contributed by atoms with Crippen LogP contribution in [0, 0.1) is 18.6 Å². The predicted octanol–water partition coefficient (Wildman–Crippen LogP) is 3.95. The van der Waals surface area contributed by atoms with Crippen molar-refractivity contribution >= 4 is 0 Å². The van der Waals surface area contributed by atoms with Crippen molar-refractivity contribution in [3.8, 4) is 0 Å². The largest absolute Gasteiger partial charge is 0.310 e. The van der Waals surface area contributed by atoms with Gasteiger partial charge < -0.3 is 5.32 Å². The summed E-state index contributed by atoms with van der Waals surface area (Å²) in [7, 11) is 0. The number of aromatic nitrogens is 1. The molecule has 1 unspecified atom stereocenters. The Morgan fingerprint density at radius 3 is 2.52 bits per heavy atom. The molecule has 0 bridgehead atoms. The number of nitrogens with one attached hydrogen (secondary N) is 1. The quantitative estimate of drug-likeness (QED) is 0.871. The Balaban J connectivity index is 2.28. The van der Waals surface area contributed by atoms with Crippen LogP contribution in [0.25, 0.3) is 0 Å². The molecule has 4 heteroatoms. The van der Waals surface area contributed by atoms with E-state index in [9.17, 15) is 8.78 Å². The normalized spacial score (nSPS) is 12.4. The third-order valence-corrected chi connectivity index (χ3v) is 3.43. The van der Waals surface area contributed by atoms with Gasteiger partial charge in [0.1, 0.15) is 11.6 Å². The van der Waals surface area contributed by atoms with E-state index in [-0.39, 0.29) is 18.0 Å². The van der Waals surface area contributed by atoms with E-state index in [1.807, 2.05) is 19.1 Å². The summed E-state index contributed by atoms with van der Waals surface area (Å²) in [6.45, 7) is 4.76. The number of benzene rings is 1. The van der Waals surface area contributed by atoms with Gasteiger partial charge in [0.15, 0.2) is 0 Å². The number of hydrogen-bond acceptors (Lipinski definition) is 2. The molecule has 0 amide bonds. The standard InChI is InChI=1S/C17H20F2N2/c1-3-8-21-17(13-7-9-20-12(2)10-13)11-14-15(18)5-4-6-16(14)19/h4-7,9-10,17,21H,3,8,11H2,1-2H3. The Hall–Kier alpha value is -1.81. The molecule has 1 N–H and O–H groups in total. The number of rotatable bonds is 6. The van der Waals surface area contributed by atoms with Gasteiger partial charge in [-0.25, -0.2) is 8.78 Å². The van der Waals surface area contributed by atoms with Gasteiger partial charge in [-0.3, -0.25) is 4.98 Å². The molecule has 0 spiro atoms. The highest BCUT2D eigenvalue weighted by atomic mass is 19.1. The molecule has 2 nitrogen and oxygen atoms in total. The number of hydrogen-bond donors (Lipinski definition) is 1. The van der Waals surface area contributed by atoms with Crippen molar-refractivity contribution in [2.75, 3.05) is 6.54 Å². The second-order valence-corrected chi connectivity index (χ2v) is 5.14. The monoisotopic (exact) mass is 290 g/mol. The molecule has 1 heterocycles. The molecule has 21 heavy (non-hydrogen) atoms. The van der Waals surface area contributed by atoms with Crippen LogP contribution in [0.2, 0.25) is 0 Å². The fraction of sp³-hybridized carbons (Fsp3) is 0.353. The highest BCUT2D eigenvalue weighted by Crippen LogP contribution is 2.22. The summed E-state index contributed by atoms with van der Waals surface area (Å²) < 4.78 is 27.7. The molecular weight excluding hydrogens is 270 g/mol. The van der Waals surface area contributed by atoms with Gasteiger partial charge in [0.2, 0.25) is 0 Å². The van der Waals surface area contributed by atoms with E-state index < -0.39 is 11.6 Å². The zero-order chi connectivity index (χ0) is 15.2. The van der Waals surface area contributed by atoms with Gasteiger partial charge in [0.05, 0.1) is 0 Å². The van der Waals surface area contributed by atoms with Crippen LogP contribution in [0.1, 0.15) is 36.2 Å². The van der Waals surface area contributed by atoms with Crippen LogP contribution in [0.4, 0.5) is 8.78 Å². The fourth-order valence-corrected chi connectivity index (χ4v) is 2.34. The summed E-state index contributed by atoms with van der Waals surface area (Å²) in [6.07, 6.45) is 2.96. The van der Waals surface area contributed by atoms with Crippen LogP contribution in [0.5, 0.6) is 0 Å². The van der Waals surface area contributed by atoms with Crippen molar-refractivity contribution in [2.45, 2.75) is 32.7 Å². The maximum Gasteiger partial charge on any atom is 0.129 e. The van der Waals surface area contributed by atoms with Crippen LogP contribution in [0.15, 0.2) is 36.5 Å². The molecule has 0 fully saturated rings. The third-order valence-electron chi connectivity index (χ3n) is 3.43. The molecular formula is C17H20F2N2. The van der Waals surface area contributed by atoms with E-state index in [1.54, 1.807) is 6.20 Å². The average Bonchev–Trinajstić information content (AvgIpc) is 2.46. The van der Waals surface area contributed by atoms with Crippen LogP contribution in [0.3, 0.4) is 0 Å². The summed E-state index contributed by atoms with van der Waals surface area (Å²) in [5.74, 6) is -0.992. The highest BCUT2D eigenvalue weighted by Gasteiger charge is 2.17. The SMILES string of the molecule is CCCNC(Cc1c(F)cccc1F)c1ccnc(C)c1. The Morgan fingerprint density at radius 2 is 1.90 bits per heavy atom. The number of nitrogens with zero attached hydrogens (tertiary/aromatic N) is 1. The second-order valence-electron chi connectivity index (χ2n) is 5.14. The topological polar surface area (TPSA) is 24.9 Å². The van der Waals surface area contributed by atoms with E-state index in [1.165, 1.54) is 18.2 Å². The Labute approximate surface area is 124 Å². The highest BCUT2D eigenvalue weighted by molar-refractivity contribution is 5.26. The van der Waals surface area contributed by atoms with E-state index in [0.717, 1.165) is 24.2 Å². The lowest BCUT2D eigenvalue weighted by atomic mass is 9.98. The average molecular weight is 290 g/mol. The van der Waals surface area contributed by atoms with Crippen molar-refractivity contribution < 1.29 is 8.78 Å². The molecule has 2 aromatic rings. The zero-order valence-electron chi connectivity index (χ0n) is 12.4. The lowest BCUT2D eigenvalue weighted by Crippen LogP contribution is -2.25. The molecule has 0 aliphatic heterocycles. The smallest absolute Gasteiger partial charge is 0.129 e. The van der Waals surface area contributed by atoms with Crippen molar-refractivity contribution in [2.24, 2.45) is 0 Å². The maximum atomic E-state index is 13.8. The molecule has 1 atom stereocenters. The number of pyridine rings is 1. The molecule has 112 valence electrons. The van der Waals surface area contributed by atoms with E-state index >= 15 is 0 Å². The van der Waals surface area contributed by atoms with Gasteiger partial charge in [-0.15, -0.1) is 0 Å². The Kier molecular flexibility index (Phi) is 5.39. The molecule has 0 saturated carbocycles. The van der Waals surface area contributed by atoms with Crippen LogP contribution >= 0.6 is 0 Å². The lowest BCUT2D eigenvalue weighted by molar-refractivity contribution is 0.489. The van der Waals surface area contributed by atoms with Crippen LogP contribution in [-0.4, -0.2) is 11.5 Å². The number of halogens is 2. The lowest BCUT2D eigenvalue weighted by Gasteiger charge is -2.20. The van der Waals surface area contributed by atoms with Crippen molar-refractivity contribution in [1.82, 2.24) is 10.3 Å². The van der Waals surface area contributed by atoms with Crippen LogP contribution < -0.4 is 5.32 Å². The van der Waals surface area contributed by atoms with Crippen LogP contribution in [-0.2, 0) is 6.42 Å². The maximum absolute atomic E-state index is 13.8. The van der Waals surface area contributed by atoms with Crippen molar-refractivity contribution in [3.63, 3.8) is 0 Å². The summed E-state index contributed by atoms with van der Waals surface area (Å²) >= 11 is 0. The van der Waals surface area contributed by atoms with Crippen molar-refractivity contribution in [1.29, 1.82) is 0 Å².